The minimum atomic E-state index is -0.744. The van der Waals surface area contributed by atoms with E-state index in [-0.39, 0.29) is 17.2 Å². The van der Waals surface area contributed by atoms with E-state index < -0.39 is 11.9 Å². The number of allylic oxidation sites excluding steroid dienone is 2. The largest absolute Gasteiger partial charge is 0.465 e. The highest BCUT2D eigenvalue weighted by atomic mass is 16.5. The van der Waals surface area contributed by atoms with Gasteiger partial charge in [0.1, 0.15) is 5.70 Å². The first-order valence-corrected chi connectivity index (χ1v) is 9.89. The zero-order valence-electron chi connectivity index (χ0n) is 18.3. The van der Waals surface area contributed by atoms with Crippen molar-refractivity contribution in [3.63, 3.8) is 0 Å². The highest BCUT2D eigenvalue weighted by molar-refractivity contribution is 6.11. The molecule has 0 saturated heterocycles. The molecule has 1 heterocycles. The van der Waals surface area contributed by atoms with Crippen LogP contribution in [-0.2, 0) is 19.1 Å². The van der Waals surface area contributed by atoms with Crippen LogP contribution in [0.1, 0.15) is 21.5 Å². The van der Waals surface area contributed by atoms with Gasteiger partial charge < -0.3 is 19.7 Å². The Kier molecular flexibility index (Phi) is 6.90. The molecule has 0 saturated carbocycles. The molecule has 0 bridgehead atoms. The Morgan fingerprint density at radius 2 is 1.53 bits per heavy atom. The second kappa shape index (κ2) is 9.78. The van der Waals surface area contributed by atoms with Crippen LogP contribution in [0.2, 0.25) is 0 Å². The van der Waals surface area contributed by atoms with Gasteiger partial charge in [-0.2, -0.15) is 0 Å². The van der Waals surface area contributed by atoms with Gasteiger partial charge in [-0.25, -0.2) is 9.59 Å². The quantitative estimate of drug-likeness (QED) is 0.718. The lowest BCUT2D eigenvalue weighted by atomic mass is 10.1. The highest BCUT2D eigenvalue weighted by Gasteiger charge is 2.29. The second-order valence-corrected chi connectivity index (χ2v) is 7.16. The Hall–Kier alpha value is -4.13. The number of nitrogens with zero attached hydrogens (tertiary/aromatic N) is 1. The molecule has 164 valence electrons. The number of ether oxygens (including phenoxy) is 2. The Labute approximate surface area is 186 Å². The zero-order chi connectivity index (χ0) is 23.3. The van der Waals surface area contributed by atoms with Gasteiger partial charge in [0, 0.05) is 11.9 Å². The molecule has 32 heavy (non-hydrogen) atoms. The molecule has 2 aromatic carbocycles. The van der Waals surface area contributed by atoms with Crippen molar-refractivity contribution < 1.29 is 23.9 Å². The maximum Gasteiger partial charge on any atom is 0.355 e. The minimum Gasteiger partial charge on any atom is -0.465 e. The fraction of sp³-hybridized carbons (Fsp3) is 0.160. The van der Waals surface area contributed by atoms with E-state index in [1.54, 1.807) is 42.6 Å². The summed E-state index contributed by atoms with van der Waals surface area (Å²) in [6.45, 7) is 3.90. The van der Waals surface area contributed by atoms with Gasteiger partial charge in [0.2, 0.25) is 0 Å². The van der Waals surface area contributed by atoms with Gasteiger partial charge in [0.05, 0.1) is 31.0 Å². The minimum absolute atomic E-state index is 0.00821. The normalized spacial score (nSPS) is 12.9. The van der Waals surface area contributed by atoms with Crippen molar-refractivity contribution in [3.05, 3.63) is 94.9 Å². The number of methoxy groups -OCH3 is 2. The Bertz CT molecular complexity index is 1140. The van der Waals surface area contributed by atoms with Crippen LogP contribution < -0.4 is 10.2 Å². The molecule has 1 aliphatic rings. The van der Waals surface area contributed by atoms with Crippen LogP contribution >= 0.6 is 0 Å². The lowest BCUT2D eigenvalue weighted by molar-refractivity contribution is -0.139. The fourth-order valence-corrected chi connectivity index (χ4v) is 3.47. The number of rotatable bonds is 5. The molecule has 1 aliphatic heterocycles. The van der Waals surface area contributed by atoms with E-state index in [2.05, 4.69) is 5.32 Å². The predicted octanol–water partition coefficient (Wildman–Crippen LogP) is 4.05. The van der Waals surface area contributed by atoms with E-state index in [1.165, 1.54) is 25.2 Å². The summed E-state index contributed by atoms with van der Waals surface area (Å²) in [4.78, 5) is 39.7. The van der Waals surface area contributed by atoms with E-state index in [9.17, 15) is 14.4 Å². The molecular weight excluding hydrogens is 408 g/mol. The van der Waals surface area contributed by atoms with E-state index in [1.807, 2.05) is 32.0 Å². The summed E-state index contributed by atoms with van der Waals surface area (Å²) in [7, 11) is 2.45. The molecule has 0 aliphatic carbocycles. The van der Waals surface area contributed by atoms with Crippen molar-refractivity contribution in [2.24, 2.45) is 0 Å². The molecular formula is C25H24N2O5. The number of para-hydroxylation sites is 1. The Morgan fingerprint density at radius 3 is 2.19 bits per heavy atom. The summed E-state index contributed by atoms with van der Waals surface area (Å²) < 4.78 is 9.77. The summed E-state index contributed by atoms with van der Waals surface area (Å²) in [6.07, 6.45) is 6.30. The molecule has 7 nitrogen and oxygen atoms in total. The van der Waals surface area contributed by atoms with Crippen molar-refractivity contribution in [2.75, 3.05) is 24.4 Å². The van der Waals surface area contributed by atoms with Crippen LogP contribution in [0.5, 0.6) is 0 Å². The lowest BCUT2D eigenvalue weighted by Crippen LogP contribution is -2.28. The molecule has 1 amide bonds. The number of hydrogen-bond acceptors (Lipinski definition) is 6. The molecule has 7 heteroatoms. The van der Waals surface area contributed by atoms with Gasteiger partial charge in [0.25, 0.3) is 5.91 Å². The molecule has 0 fully saturated rings. The van der Waals surface area contributed by atoms with Crippen LogP contribution in [0.3, 0.4) is 0 Å². The number of anilines is 2. The molecule has 0 unspecified atom stereocenters. The van der Waals surface area contributed by atoms with E-state index in [0.29, 0.717) is 16.9 Å². The average Bonchev–Trinajstić information content (AvgIpc) is 3.00. The van der Waals surface area contributed by atoms with Gasteiger partial charge in [0.15, 0.2) is 0 Å². The third kappa shape index (κ3) is 4.78. The number of amides is 1. The first-order valence-electron chi connectivity index (χ1n) is 9.89. The van der Waals surface area contributed by atoms with E-state index in [0.717, 1.165) is 11.1 Å². The summed E-state index contributed by atoms with van der Waals surface area (Å²) >= 11 is 0. The van der Waals surface area contributed by atoms with Crippen molar-refractivity contribution >= 4 is 29.2 Å². The summed E-state index contributed by atoms with van der Waals surface area (Å²) in [5, 5.41) is 2.91. The SMILES string of the molecule is COC(=O)C1=C(C(=O)OC)N(c2ccccc2C(=O)Nc2cc(C)cc(C)c2)C=CC=C1. The van der Waals surface area contributed by atoms with Crippen LogP contribution in [0.15, 0.2) is 78.2 Å². The molecule has 0 spiro atoms. The number of carbonyl (C=O) groups is 3. The Balaban J connectivity index is 2.10. The van der Waals surface area contributed by atoms with Crippen LogP contribution in [0, 0.1) is 13.8 Å². The van der Waals surface area contributed by atoms with Crippen molar-refractivity contribution in [3.8, 4) is 0 Å². The summed E-state index contributed by atoms with van der Waals surface area (Å²) in [5.74, 6) is -1.81. The van der Waals surface area contributed by atoms with Crippen molar-refractivity contribution in [1.82, 2.24) is 0 Å². The third-order valence-electron chi connectivity index (χ3n) is 4.78. The number of aryl methyl sites for hydroxylation is 2. The molecule has 0 aromatic heterocycles. The zero-order valence-corrected chi connectivity index (χ0v) is 18.3. The summed E-state index contributed by atoms with van der Waals surface area (Å²) in [5.41, 5.74) is 3.36. The maximum atomic E-state index is 13.2. The van der Waals surface area contributed by atoms with Gasteiger partial charge >= 0.3 is 11.9 Å². The number of benzene rings is 2. The smallest absolute Gasteiger partial charge is 0.355 e. The lowest BCUT2D eigenvalue weighted by Gasteiger charge is -2.25. The first-order chi connectivity index (χ1) is 15.3. The number of nitrogens with one attached hydrogen (secondary N) is 1. The number of carbonyl (C=O) groups excluding carboxylic acids is 3. The second-order valence-electron chi connectivity index (χ2n) is 7.16. The van der Waals surface area contributed by atoms with Gasteiger partial charge in [-0.05, 0) is 61.4 Å². The molecule has 2 aromatic rings. The first kappa shape index (κ1) is 22.6. The molecule has 0 atom stereocenters. The average molecular weight is 432 g/mol. The molecule has 3 rings (SSSR count). The molecule has 1 N–H and O–H groups in total. The third-order valence-corrected chi connectivity index (χ3v) is 4.78. The van der Waals surface area contributed by atoms with Crippen molar-refractivity contribution in [2.45, 2.75) is 13.8 Å². The van der Waals surface area contributed by atoms with Crippen LogP contribution in [-0.4, -0.2) is 32.1 Å². The topological polar surface area (TPSA) is 84.9 Å². The fourth-order valence-electron chi connectivity index (χ4n) is 3.47. The van der Waals surface area contributed by atoms with Gasteiger partial charge in [-0.1, -0.05) is 24.3 Å². The summed E-state index contributed by atoms with van der Waals surface area (Å²) in [6, 6.07) is 12.6. The Morgan fingerprint density at radius 1 is 0.875 bits per heavy atom. The maximum absolute atomic E-state index is 13.2. The standard InChI is InChI=1S/C25H24N2O5/c1-16-13-17(2)15-18(14-16)26-23(28)19-9-5-6-11-21(19)27-12-8-7-10-20(24(29)31-3)22(27)25(30)32-4/h5-15H,1-4H3,(H,26,28). The van der Waals surface area contributed by atoms with Crippen molar-refractivity contribution in [1.29, 1.82) is 0 Å². The van der Waals surface area contributed by atoms with Gasteiger partial charge in [-0.3, -0.25) is 4.79 Å². The number of hydrogen-bond donors (Lipinski definition) is 1. The van der Waals surface area contributed by atoms with Crippen LogP contribution in [0.25, 0.3) is 0 Å². The molecule has 0 radical (unpaired) electrons. The predicted molar refractivity (Wildman–Crippen MR) is 122 cm³/mol. The van der Waals surface area contributed by atoms with Crippen LogP contribution in [0.4, 0.5) is 11.4 Å². The monoisotopic (exact) mass is 432 g/mol. The van der Waals surface area contributed by atoms with Gasteiger partial charge in [-0.15, -0.1) is 0 Å². The number of esters is 2. The van der Waals surface area contributed by atoms with E-state index in [4.69, 9.17) is 9.47 Å². The van der Waals surface area contributed by atoms with E-state index >= 15 is 0 Å². The highest BCUT2D eigenvalue weighted by Crippen LogP contribution is 2.30.